The van der Waals surface area contributed by atoms with E-state index in [0.29, 0.717) is 18.4 Å². The van der Waals surface area contributed by atoms with Gasteiger partial charge in [-0.15, -0.1) is 0 Å². The maximum atomic E-state index is 12.0. The summed E-state index contributed by atoms with van der Waals surface area (Å²) in [6.07, 6.45) is 1.14. The highest BCUT2D eigenvalue weighted by molar-refractivity contribution is 6.03. The lowest BCUT2D eigenvalue weighted by Crippen LogP contribution is -2.42. The minimum absolute atomic E-state index is 0.0365. The third-order valence-corrected chi connectivity index (χ3v) is 3.93. The maximum Gasteiger partial charge on any atom is 0.317 e. The first-order valence-electron chi connectivity index (χ1n) is 6.56. The van der Waals surface area contributed by atoms with Crippen LogP contribution in [0.3, 0.4) is 0 Å². The van der Waals surface area contributed by atoms with E-state index in [1.807, 2.05) is 6.07 Å². The van der Waals surface area contributed by atoms with Gasteiger partial charge in [-0.25, -0.2) is 0 Å². The Hall–Kier alpha value is -1.68. The summed E-state index contributed by atoms with van der Waals surface area (Å²) in [4.78, 5) is 23.6. The van der Waals surface area contributed by atoms with Crippen molar-refractivity contribution < 1.29 is 19.8 Å². The standard InChI is InChI=1S/C15H18O4/c16-12(11-6-2-1-3-7-11)10-15(14(18)19)9-5-4-8-13(15)17/h1-3,6-7,12,16H,4-5,8-10H2,(H,18,19). The van der Waals surface area contributed by atoms with E-state index in [2.05, 4.69) is 0 Å². The van der Waals surface area contributed by atoms with E-state index in [1.54, 1.807) is 24.3 Å². The van der Waals surface area contributed by atoms with Gasteiger partial charge in [0.25, 0.3) is 0 Å². The van der Waals surface area contributed by atoms with Crippen molar-refractivity contribution in [2.45, 2.75) is 38.2 Å². The van der Waals surface area contributed by atoms with Crippen molar-refractivity contribution in [3.05, 3.63) is 35.9 Å². The zero-order valence-corrected chi connectivity index (χ0v) is 10.7. The first kappa shape index (κ1) is 13.7. The number of Topliss-reactive ketones (excluding diaryl/α,β-unsaturated/α-hetero) is 1. The van der Waals surface area contributed by atoms with Crippen LogP contribution in [-0.2, 0) is 9.59 Å². The predicted molar refractivity (Wildman–Crippen MR) is 69.6 cm³/mol. The van der Waals surface area contributed by atoms with Crippen molar-refractivity contribution in [1.29, 1.82) is 0 Å². The number of carboxylic acid groups (broad SMARTS) is 1. The summed E-state index contributed by atoms with van der Waals surface area (Å²) < 4.78 is 0. The second-order valence-corrected chi connectivity index (χ2v) is 5.15. The fourth-order valence-corrected chi connectivity index (χ4v) is 2.74. The molecular formula is C15H18O4. The van der Waals surface area contributed by atoms with E-state index in [9.17, 15) is 19.8 Å². The summed E-state index contributed by atoms with van der Waals surface area (Å²) >= 11 is 0. The third kappa shape index (κ3) is 2.68. The molecule has 2 atom stereocenters. The average Bonchev–Trinajstić information content (AvgIpc) is 2.42. The molecule has 19 heavy (non-hydrogen) atoms. The minimum atomic E-state index is -1.41. The fraction of sp³-hybridized carbons (Fsp3) is 0.467. The Balaban J connectivity index is 2.22. The summed E-state index contributed by atoms with van der Waals surface area (Å²) in [5, 5.41) is 19.6. The van der Waals surface area contributed by atoms with Crippen LogP contribution in [0.1, 0.15) is 43.8 Å². The van der Waals surface area contributed by atoms with Gasteiger partial charge in [0.1, 0.15) is 11.2 Å². The van der Waals surface area contributed by atoms with Gasteiger partial charge in [-0.2, -0.15) is 0 Å². The summed E-state index contributed by atoms with van der Waals surface area (Å²) in [7, 11) is 0. The summed E-state index contributed by atoms with van der Waals surface area (Å²) in [5.74, 6) is -1.35. The summed E-state index contributed by atoms with van der Waals surface area (Å²) in [6, 6.07) is 8.89. The van der Waals surface area contributed by atoms with E-state index in [4.69, 9.17) is 0 Å². The lowest BCUT2D eigenvalue weighted by molar-refractivity contribution is -0.159. The smallest absolute Gasteiger partial charge is 0.317 e. The highest BCUT2D eigenvalue weighted by atomic mass is 16.4. The molecule has 1 fully saturated rings. The molecule has 0 spiro atoms. The molecule has 1 aromatic carbocycles. The van der Waals surface area contributed by atoms with Crippen molar-refractivity contribution in [3.8, 4) is 0 Å². The lowest BCUT2D eigenvalue weighted by Gasteiger charge is -2.33. The quantitative estimate of drug-likeness (QED) is 0.817. The average molecular weight is 262 g/mol. The van der Waals surface area contributed by atoms with Crippen molar-refractivity contribution in [2.24, 2.45) is 5.41 Å². The first-order valence-corrected chi connectivity index (χ1v) is 6.56. The number of ketones is 1. The third-order valence-electron chi connectivity index (χ3n) is 3.93. The van der Waals surface area contributed by atoms with Crippen molar-refractivity contribution >= 4 is 11.8 Å². The highest BCUT2D eigenvalue weighted by Crippen LogP contribution is 2.40. The molecule has 0 amide bonds. The molecule has 2 unspecified atom stereocenters. The molecule has 0 bridgehead atoms. The van der Waals surface area contributed by atoms with E-state index in [0.717, 1.165) is 12.8 Å². The number of rotatable bonds is 4. The largest absolute Gasteiger partial charge is 0.480 e. The summed E-state index contributed by atoms with van der Waals surface area (Å²) in [5.41, 5.74) is -0.755. The molecule has 0 aliphatic heterocycles. The Morgan fingerprint density at radius 3 is 2.53 bits per heavy atom. The molecule has 2 N–H and O–H groups in total. The van der Waals surface area contributed by atoms with Crippen molar-refractivity contribution in [2.75, 3.05) is 0 Å². The fourth-order valence-electron chi connectivity index (χ4n) is 2.74. The summed E-state index contributed by atoms with van der Waals surface area (Å²) in [6.45, 7) is 0. The zero-order chi connectivity index (χ0) is 13.9. The topological polar surface area (TPSA) is 74.6 Å². The van der Waals surface area contributed by atoms with Gasteiger partial charge in [-0.3, -0.25) is 9.59 Å². The lowest BCUT2D eigenvalue weighted by atomic mass is 9.69. The molecular weight excluding hydrogens is 244 g/mol. The number of hydrogen-bond donors (Lipinski definition) is 2. The molecule has 4 nitrogen and oxygen atoms in total. The second kappa shape index (κ2) is 5.53. The monoisotopic (exact) mass is 262 g/mol. The number of aliphatic hydroxyl groups is 1. The number of hydrogen-bond acceptors (Lipinski definition) is 3. The Morgan fingerprint density at radius 2 is 1.95 bits per heavy atom. The van der Waals surface area contributed by atoms with Crippen LogP contribution in [0.25, 0.3) is 0 Å². The molecule has 1 aromatic rings. The van der Waals surface area contributed by atoms with Crippen molar-refractivity contribution in [1.82, 2.24) is 0 Å². The minimum Gasteiger partial charge on any atom is -0.480 e. The number of aliphatic carboxylic acids is 1. The van der Waals surface area contributed by atoms with Gasteiger partial charge in [-0.05, 0) is 18.4 Å². The highest BCUT2D eigenvalue weighted by Gasteiger charge is 2.48. The molecule has 1 saturated carbocycles. The molecule has 0 radical (unpaired) electrons. The van der Waals surface area contributed by atoms with Crippen LogP contribution in [-0.4, -0.2) is 22.0 Å². The van der Waals surface area contributed by atoms with Gasteiger partial charge >= 0.3 is 5.97 Å². The van der Waals surface area contributed by atoms with Gasteiger partial charge in [-0.1, -0.05) is 36.8 Å². The van der Waals surface area contributed by atoms with Crippen LogP contribution in [0, 0.1) is 5.41 Å². The zero-order valence-electron chi connectivity index (χ0n) is 10.7. The normalized spacial score (nSPS) is 25.0. The van der Waals surface area contributed by atoms with Crippen LogP contribution < -0.4 is 0 Å². The Labute approximate surface area is 112 Å². The van der Waals surface area contributed by atoms with Gasteiger partial charge in [0.2, 0.25) is 0 Å². The number of carboxylic acids is 1. The predicted octanol–water partition coefficient (Wildman–Crippen LogP) is 2.32. The number of carbonyl (C=O) groups is 2. The molecule has 2 rings (SSSR count). The maximum absolute atomic E-state index is 12.0. The molecule has 4 heteroatoms. The van der Waals surface area contributed by atoms with Crippen LogP contribution >= 0.6 is 0 Å². The molecule has 0 heterocycles. The van der Waals surface area contributed by atoms with Crippen molar-refractivity contribution in [3.63, 3.8) is 0 Å². The van der Waals surface area contributed by atoms with E-state index in [-0.39, 0.29) is 12.2 Å². The number of benzene rings is 1. The Morgan fingerprint density at radius 1 is 1.26 bits per heavy atom. The molecule has 102 valence electrons. The van der Waals surface area contributed by atoms with Crippen LogP contribution in [0.5, 0.6) is 0 Å². The molecule has 1 aliphatic carbocycles. The van der Waals surface area contributed by atoms with Gasteiger partial charge in [0, 0.05) is 12.8 Å². The van der Waals surface area contributed by atoms with E-state index >= 15 is 0 Å². The van der Waals surface area contributed by atoms with Gasteiger partial charge < -0.3 is 10.2 Å². The van der Waals surface area contributed by atoms with Gasteiger partial charge in [0.15, 0.2) is 0 Å². The number of carbonyl (C=O) groups excluding carboxylic acids is 1. The molecule has 1 aliphatic rings. The van der Waals surface area contributed by atoms with Gasteiger partial charge in [0.05, 0.1) is 6.10 Å². The van der Waals surface area contributed by atoms with Crippen LogP contribution in [0.15, 0.2) is 30.3 Å². The Kier molecular flexibility index (Phi) is 4.00. The molecule has 0 saturated heterocycles. The van der Waals surface area contributed by atoms with E-state index in [1.165, 1.54) is 0 Å². The van der Waals surface area contributed by atoms with Crippen LogP contribution in [0.4, 0.5) is 0 Å². The van der Waals surface area contributed by atoms with Crippen LogP contribution in [0.2, 0.25) is 0 Å². The molecule has 0 aromatic heterocycles. The second-order valence-electron chi connectivity index (χ2n) is 5.15. The van der Waals surface area contributed by atoms with E-state index < -0.39 is 17.5 Å². The number of aliphatic hydroxyl groups excluding tert-OH is 1. The SMILES string of the molecule is O=C(O)C1(CC(O)c2ccccc2)CCCCC1=O. The first-order chi connectivity index (χ1) is 9.06. The Bertz CT molecular complexity index is 468.